The number of hydrogen-bond acceptors (Lipinski definition) is 4. The number of hydrogen-bond donors (Lipinski definition) is 2. The zero-order valence-electron chi connectivity index (χ0n) is 9.11. The molecular weight excluding hydrogens is 261 g/mol. The lowest BCUT2D eigenvalue weighted by Gasteiger charge is -2.16. The topological polar surface area (TPSA) is 66.5 Å². The second kappa shape index (κ2) is 5.33. The average Bonchev–Trinajstić information content (AvgIpc) is 2.84. The van der Waals surface area contributed by atoms with Crippen molar-refractivity contribution < 1.29 is 0 Å². The van der Waals surface area contributed by atoms with Gasteiger partial charge in [0.15, 0.2) is 10.3 Å². The van der Waals surface area contributed by atoms with E-state index in [4.69, 9.17) is 23.2 Å². The summed E-state index contributed by atoms with van der Waals surface area (Å²) in [5.41, 5.74) is 0.648. The van der Waals surface area contributed by atoms with Crippen LogP contribution in [0.15, 0.2) is 18.5 Å². The molecule has 7 heteroatoms. The summed E-state index contributed by atoms with van der Waals surface area (Å²) in [6, 6.07) is 1.67. The van der Waals surface area contributed by atoms with Gasteiger partial charge in [0.25, 0.3) is 0 Å². The molecule has 90 valence electrons. The van der Waals surface area contributed by atoms with E-state index in [0.717, 1.165) is 12.2 Å². The largest absolute Gasteiger partial charge is 0.373 e. The normalized spacial score (nSPS) is 12.4. The number of H-pyrrole nitrogens is 1. The van der Waals surface area contributed by atoms with Crippen molar-refractivity contribution in [3.63, 3.8) is 0 Å². The standard InChI is InChI=1S/C10H11Cl2N5/c1-2-6(10-13-3-4-14-10)15-7-5-8(11)16-17-9(7)12/h3-6H,2H2,1H3,(H,13,14)(H,15,16). The summed E-state index contributed by atoms with van der Waals surface area (Å²) < 4.78 is 0. The molecule has 0 radical (unpaired) electrons. The molecule has 2 heterocycles. The molecule has 0 amide bonds. The summed E-state index contributed by atoms with van der Waals surface area (Å²) in [6.07, 6.45) is 4.34. The first kappa shape index (κ1) is 12.1. The maximum absolute atomic E-state index is 5.93. The molecule has 0 aliphatic rings. The molecule has 0 aliphatic carbocycles. The Kier molecular flexibility index (Phi) is 3.81. The molecule has 0 aromatic carbocycles. The van der Waals surface area contributed by atoms with Crippen LogP contribution in [-0.2, 0) is 0 Å². The van der Waals surface area contributed by atoms with Gasteiger partial charge in [-0.15, -0.1) is 10.2 Å². The van der Waals surface area contributed by atoms with E-state index in [1.165, 1.54) is 0 Å². The first-order chi connectivity index (χ1) is 8.20. The van der Waals surface area contributed by atoms with Gasteiger partial charge in [0.05, 0.1) is 11.7 Å². The van der Waals surface area contributed by atoms with E-state index in [1.807, 2.05) is 6.92 Å². The number of rotatable bonds is 4. The third kappa shape index (κ3) is 2.87. The molecule has 2 rings (SSSR count). The lowest BCUT2D eigenvalue weighted by Crippen LogP contribution is -2.12. The second-order valence-electron chi connectivity index (χ2n) is 3.45. The maximum atomic E-state index is 5.93. The Bertz CT molecular complexity index is 485. The fraction of sp³-hybridized carbons (Fsp3) is 0.300. The lowest BCUT2D eigenvalue weighted by molar-refractivity contribution is 0.703. The van der Waals surface area contributed by atoms with Gasteiger partial charge in [-0.25, -0.2) is 4.98 Å². The Labute approximate surface area is 109 Å². The van der Waals surface area contributed by atoms with E-state index in [-0.39, 0.29) is 6.04 Å². The molecule has 0 saturated heterocycles. The van der Waals surface area contributed by atoms with E-state index < -0.39 is 0 Å². The minimum Gasteiger partial charge on any atom is -0.373 e. The number of anilines is 1. The predicted molar refractivity (Wildman–Crippen MR) is 67.3 cm³/mol. The van der Waals surface area contributed by atoms with Crippen molar-refractivity contribution in [2.24, 2.45) is 0 Å². The van der Waals surface area contributed by atoms with Crippen LogP contribution in [0, 0.1) is 0 Å². The maximum Gasteiger partial charge on any atom is 0.174 e. The van der Waals surface area contributed by atoms with Crippen molar-refractivity contribution in [1.29, 1.82) is 0 Å². The Morgan fingerprint density at radius 3 is 2.88 bits per heavy atom. The van der Waals surface area contributed by atoms with Crippen LogP contribution in [0.3, 0.4) is 0 Å². The molecule has 0 aliphatic heterocycles. The van der Waals surface area contributed by atoms with Crippen molar-refractivity contribution in [3.8, 4) is 0 Å². The zero-order chi connectivity index (χ0) is 12.3. The van der Waals surface area contributed by atoms with Gasteiger partial charge < -0.3 is 10.3 Å². The Morgan fingerprint density at radius 2 is 2.24 bits per heavy atom. The molecule has 1 atom stereocenters. The summed E-state index contributed by atoms with van der Waals surface area (Å²) >= 11 is 11.7. The van der Waals surface area contributed by atoms with Crippen LogP contribution in [0.1, 0.15) is 25.2 Å². The monoisotopic (exact) mass is 271 g/mol. The number of nitrogens with one attached hydrogen (secondary N) is 2. The van der Waals surface area contributed by atoms with Gasteiger partial charge in [0.1, 0.15) is 5.82 Å². The number of imidazole rings is 1. The second-order valence-corrected chi connectivity index (χ2v) is 4.20. The van der Waals surface area contributed by atoms with Crippen molar-refractivity contribution in [2.75, 3.05) is 5.32 Å². The van der Waals surface area contributed by atoms with Gasteiger partial charge in [-0.3, -0.25) is 0 Å². The fourth-order valence-corrected chi connectivity index (χ4v) is 1.77. The van der Waals surface area contributed by atoms with Crippen molar-refractivity contribution in [1.82, 2.24) is 20.2 Å². The molecule has 2 aromatic heterocycles. The zero-order valence-corrected chi connectivity index (χ0v) is 10.6. The Morgan fingerprint density at radius 1 is 1.41 bits per heavy atom. The summed E-state index contributed by atoms with van der Waals surface area (Å²) in [6.45, 7) is 2.05. The van der Waals surface area contributed by atoms with E-state index in [0.29, 0.717) is 16.0 Å². The van der Waals surface area contributed by atoms with Crippen LogP contribution in [0.5, 0.6) is 0 Å². The molecule has 17 heavy (non-hydrogen) atoms. The highest BCUT2D eigenvalue weighted by Crippen LogP contribution is 2.26. The highest BCUT2D eigenvalue weighted by atomic mass is 35.5. The molecule has 0 fully saturated rings. The van der Waals surface area contributed by atoms with Crippen LogP contribution >= 0.6 is 23.2 Å². The van der Waals surface area contributed by atoms with Crippen LogP contribution in [0.4, 0.5) is 5.69 Å². The number of halogens is 2. The van der Waals surface area contributed by atoms with Crippen LogP contribution in [-0.4, -0.2) is 20.2 Å². The Balaban J connectivity index is 2.21. The minimum absolute atomic E-state index is 0.0303. The van der Waals surface area contributed by atoms with Crippen molar-refractivity contribution in [3.05, 3.63) is 34.6 Å². The van der Waals surface area contributed by atoms with Crippen LogP contribution in [0.25, 0.3) is 0 Å². The van der Waals surface area contributed by atoms with Gasteiger partial charge >= 0.3 is 0 Å². The molecular formula is C10H11Cl2N5. The SMILES string of the molecule is CCC(Nc1cc(Cl)nnc1Cl)c1ncc[nH]1. The van der Waals surface area contributed by atoms with E-state index >= 15 is 0 Å². The van der Waals surface area contributed by atoms with Crippen molar-refractivity contribution >= 4 is 28.9 Å². The van der Waals surface area contributed by atoms with E-state index in [2.05, 4.69) is 25.5 Å². The quantitative estimate of drug-likeness (QED) is 0.897. The average molecular weight is 272 g/mol. The summed E-state index contributed by atoms with van der Waals surface area (Å²) in [7, 11) is 0. The lowest BCUT2D eigenvalue weighted by atomic mass is 10.2. The molecule has 2 aromatic rings. The van der Waals surface area contributed by atoms with Gasteiger partial charge in [-0.2, -0.15) is 0 Å². The van der Waals surface area contributed by atoms with Gasteiger partial charge in [-0.1, -0.05) is 30.1 Å². The smallest absolute Gasteiger partial charge is 0.174 e. The van der Waals surface area contributed by atoms with Crippen molar-refractivity contribution in [2.45, 2.75) is 19.4 Å². The summed E-state index contributed by atoms with van der Waals surface area (Å²) in [5.74, 6) is 0.844. The predicted octanol–water partition coefficient (Wildman–Crippen LogP) is 3.07. The van der Waals surface area contributed by atoms with E-state index in [1.54, 1.807) is 18.5 Å². The van der Waals surface area contributed by atoms with Crippen LogP contribution in [0.2, 0.25) is 10.3 Å². The first-order valence-corrected chi connectivity index (χ1v) is 5.90. The number of nitrogens with zero attached hydrogens (tertiary/aromatic N) is 3. The number of aromatic nitrogens is 4. The van der Waals surface area contributed by atoms with Gasteiger partial charge in [0, 0.05) is 18.5 Å². The third-order valence-corrected chi connectivity index (χ3v) is 2.77. The third-order valence-electron chi connectivity index (χ3n) is 2.31. The number of aromatic amines is 1. The van der Waals surface area contributed by atoms with Gasteiger partial charge in [-0.05, 0) is 6.42 Å². The van der Waals surface area contributed by atoms with Gasteiger partial charge in [0.2, 0.25) is 0 Å². The van der Waals surface area contributed by atoms with E-state index in [9.17, 15) is 0 Å². The molecule has 0 saturated carbocycles. The highest BCUT2D eigenvalue weighted by molar-refractivity contribution is 6.33. The molecule has 5 nitrogen and oxygen atoms in total. The highest BCUT2D eigenvalue weighted by Gasteiger charge is 2.14. The molecule has 0 bridgehead atoms. The molecule has 2 N–H and O–H groups in total. The minimum atomic E-state index is 0.0303. The summed E-state index contributed by atoms with van der Waals surface area (Å²) in [5, 5.41) is 11.2. The van der Waals surface area contributed by atoms with Crippen LogP contribution < -0.4 is 5.32 Å². The Hall–Kier alpha value is -1.33. The molecule has 0 spiro atoms. The fourth-order valence-electron chi connectivity index (χ4n) is 1.47. The first-order valence-electron chi connectivity index (χ1n) is 5.15. The summed E-state index contributed by atoms with van der Waals surface area (Å²) in [4.78, 5) is 7.26. The molecule has 1 unspecified atom stereocenters.